The first-order chi connectivity index (χ1) is 10.6. The van der Waals surface area contributed by atoms with Crippen LogP contribution in [-0.2, 0) is 13.2 Å². The van der Waals surface area contributed by atoms with Gasteiger partial charge in [0, 0.05) is 13.1 Å². The molecule has 0 atom stereocenters. The zero-order valence-electron chi connectivity index (χ0n) is 11.9. The highest BCUT2D eigenvalue weighted by atomic mass is 19.1. The van der Waals surface area contributed by atoms with Crippen molar-refractivity contribution in [1.29, 1.82) is 5.26 Å². The second kappa shape index (κ2) is 5.48. The predicted octanol–water partition coefficient (Wildman–Crippen LogP) is 1.57. The molecule has 3 rings (SSSR count). The molecule has 1 aliphatic rings. The minimum atomic E-state index is -0.569. The highest BCUT2D eigenvalue weighted by Crippen LogP contribution is 2.24. The zero-order valence-corrected chi connectivity index (χ0v) is 11.9. The van der Waals surface area contributed by atoms with E-state index in [1.165, 1.54) is 18.2 Å². The molecule has 1 N–H and O–H groups in total. The van der Waals surface area contributed by atoms with Crippen molar-refractivity contribution in [1.82, 2.24) is 9.55 Å². The molecule has 0 bridgehead atoms. The molecule has 0 saturated carbocycles. The Kier molecular flexibility index (Phi) is 3.51. The molecule has 2 heterocycles. The number of nitrogens with one attached hydrogen (secondary N) is 1. The number of rotatable bonds is 3. The maximum Gasteiger partial charge on any atom is 0.352 e. The molecule has 7 heteroatoms. The summed E-state index contributed by atoms with van der Waals surface area (Å²) in [7, 11) is 0. The van der Waals surface area contributed by atoms with E-state index in [0.717, 1.165) is 5.56 Å². The molecule has 1 aromatic heterocycles. The summed E-state index contributed by atoms with van der Waals surface area (Å²) < 4.78 is 20.4. The Bertz CT molecular complexity index is 839. The third-order valence-electron chi connectivity index (χ3n) is 3.53. The highest BCUT2D eigenvalue weighted by molar-refractivity contribution is 5.50. The third kappa shape index (κ3) is 2.39. The highest BCUT2D eigenvalue weighted by Gasteiger charge is 2.18. The minimum Gasteiger partial charge on any atom is -0.472 e. The summed E-state index contributed by atoms with van der Waals surface area (Å²) in [6.07, 6.45) is 0. The third-order valence-corrected chi connectivity index (χ3v) is 3.53. The van der Waals surface area contributed by atoms with Crippen LogP contribution in [0, 0.1) is 24.1 Å². The van der Waals surface area contributed by atoms with Crippen molar-refractivity contribution in [3.63, 3.8) is 0 Å². The van der Waals surface area contributed by atoms with Gasteiger partial charge in [0.2, 0.25) is 5.88 Å². The van der Waals surface area contributed by atoms with Crippen LogP contribution in [0.1, 0.15) is 16.7 Å². The van der Waals surface area contributed by atoms with Gasteiger partial charge in [0.1, 0.15) is 24.3 Å². The largest absolute Gasteiger partial charge is 0.472 e. The fourth-order valence-corrected chi connectivity index (χ4v) is 2.39. The maximum absolute atomic E-state index is 13.3. The number of ether oxygens (including phenoxy) is 1. The van der Waals surface area contributed by atoms with Crippen molar-refractivity contribution < 1.29 is 9.13 Å². The van der Waals surface area contributed by atoms with Crippen LogP contribution in [0.15, 0.2) is 23.0 Å². The molecule has 0 saturated heterocycles. The van der Waals surface area contributed by atoms with E-state index in [2.05, 4.69) is 10.3 Å². The van der Waals surface area contributed by atoms with Crippen molar-refractivity contribution in [2.45, 2.75) is 20.1 Å². The van der Waals surface area contributed by atoms with Crippen molar-refractivity contribution in [2.75, 3.05) is 11.9 Å². The van der Waals surface area contributed by atoms with Gasteiger partial charge in [-0.3, -0.25) is 4.57 Å². The van der Waals surface area contributed by atoms with Gasteiger partial charge < -0.3 is 10.1 Å². The van der Waals surface area contributed by atoms with Crippen molar-refractivity contribution >= 4 is 5.82 Å². The molecule has 6 nitrogen and oxygen atoms in total. The Morgan fingerprint density at radius 2 is 2.36 bits per heavy atom. The van der Waals surface area contributed by atoms with E-state index in [4.69, 9.17) is 10.00 Å². The smallest absolute Gasteiger partial charge is 0.352 e. The molecule has 0 fully saturated rings. The van der Waals surface area contributed by atoms with Crippen LogP contribution in [-0.4, -0.2) is 16.1 Å². The summed E-state index contributed by atoms with van der Waals surface area (Å²) in [6, 6.07) is 5.95. The fraction of sp³-hybridized carbons (Fsp3) is 0.267. The summed E-state index contributed by atoms with van der Waals surface area (Å²) in [5.41, 5.74) is 0.978. The van der Waals surface area contributed by atoms with Crippen LogP contribution in [0.4, 0.5) is 10.2 Å². The number of nitriles is 1. The number of hydrogen-bond acceptors (Lipinski definition) is 5. The normalized spacial score (nSPS) is 12.4. The lowest BCUT2D eigenvalue weighted by Crippen LogP contribution is -2.22. The molecule has 112 valence electrons. The van der Waals surface area contributed by atoms with E-state index < -0.39 is 5.82 Å². The van der Waals surface area contributed by atoms with Crippen LogP contribution in [0.3, 0.4) is 0 Å². The van der Waals surface area contributed by atoms with Gasteiger partial charge in [-0.15, -0.1) is 0 Å². The summed E-state index contributed by atoms with van der Waals surface area (Å²) in [4.78, 5) is 15.8. The van der Waals surface area contributed by atoms with E-state index in [-0.39, 0.29) is 23.7 Å². The SMILES string of the molecule is Cc1c(OCc2ccc(F)c(C#N)c2)nc(=O)n2c1NCC2. The van der Waals surface area contributed by atoms with Gasteiger partial charge in [-0.2, -0.15) is 10.2 Å². The van der Waals surface area contributed by atoms with Crippen LogP contribution < -0.4 is 15.7 Å². The first-order valence-electron chi connectivity index (χ1n) is 6.77. The lowest BCUT2D eigenvalue weighted by atomic mass is 10.1. The van der Waals surface area contributed by atoms with Crippen LogP contribution in [0.25, 0.3) is 0 Å². The Labute approximate surface area is 125 Å². The lowest BCUT2D eigenvalue weighted by molar-refractivity contribution is 0.289. The molecular formula is C15H13FN4O2. The molecule has 2 aromatic rings. The van der Waals surface area contributed by atoms with E-state index in [0.29, 0.717) is 24.5 Å². The van der Waals surface area contributed by atoms with Crippen molar-refractivity contribution in [3.05, 3.63) is 51.2 Å². The maximum atomic E-state index is 13.3. The number of nitrogens with zero attached hydrogens (tertiary/aromatic N) is 3. The fourth-order valence-electron chi connectivity index (χ4n) is 2.39. The molecular weight excluding hydrogens is 287 g/mol. The molecule has 0 unspecified atom stereocenters. The van der Waals surface area contributed by atoms with Gasteiger partial charge in [0.15, 0.2) is 0 Å². The Morgan fingerprint density at radius 3 is 3.14 bits per heavy atom. The molecule has 0 radical (unpaired) electrons. The summed E-state index contributed by atoms with van der Waals surface area (Å²) in [5.74, 6) is 0.390. The Balaban J connectivity index is 1.85. The topological polar surface area (TPSA) is 79.9 Å². The molecule has 1 aliphatic heterocycles. The second-order valence-electron chi connectivity index (χ2n) is 4.97. The van der Waals surface area contributed by atoms with Gasteiger partial charge in [0.25, 0.3) is 0 Å². The van der Waals surface area contributed by atoms with Gasteiger partial charge in [-0.05, 0) is 24.6 Å². The Morgan fingerprint density at radius 1 is 1.55 bits per heavy atom. The number of anilines is 1. The van der Waals surface area contributed by atoms with Gasteiger partial charge in [-0.25, -0.2) is 9.18 Å². The number of benzene rings is 1. The number of aromatic nitrogens is 2. The van der Waals surface area contributed by atoms with E-state index in [1.54, 1.807) is 10.6 Å². The summed E-state index contributed by atoms with van der Waals surface area (Å²) in [5, 5.41) is 11.9. The monoisotopic (exact) mass is 300 g/mol. The first kappa shape index (κ1) is 14.1. The molecule has 0 spiro atoms. The standard InChI is InChI=1S/C15H13FN4O2/c1-9-13-18-4-5-20(13)15(21)19-14(9)22-8-10-2-3-12(16)11(6-10)7-17/h2-3,6,18H,4-5,8H2,1H3. The quantitative estimate of drug-likeness (QED) is 0.930. The average Bonchev–Trinajstić information content (AvgIpc) is 3.01. The van der Waals surface area contributed by atoms with Crippen molar-refractivity contribution in [2.24, 2.45) is 0 Å². The van der Waals surface area contributed by atoms with Gasteiger partial charge >= 0.3 is 5.69 Å². The number of hydrogen-bond donors (Lipinski definition) is 1. The number of fused-ring (bicyclic) bond motifs is 1. The van der Waals surface area contributed by atoms with Crippen molar-refractivity contribution in [3.8, 4) is 11.9 Å². The van der Waals surface area contributed by atoms with E-state index in [1.807, 2.05) is 6.92 Å². The first-order valence-corrected chi connectivity index (χ1v) is 6.77. The van der Waals surface area contributed by atoms with Gasteiger partial charge in [-0.1, -0.05) is 6.07 Å². The van der Waals surface area contributed by atoms with Crippen LogP contribution >= 0.6 is 0 Å². The minimum absolute atomic E-state index is 0.0403. The van der Waals surface area contributed by atoms with Gasteiger partial charge in [0.05, 0.1) is 11.1 Å². The second-order valence-corrected chi connectivity index (χ2v) is 4.97. The van der Waals surface area contributed by atoms with E-state index in [9.17, 15) is 9.18 Å². The van der Waals surface area contributed by atoms with Crippen LogP contribution in [0.5, 0.6) is 5.88 Å². The summed E-state index contributed by atoms with van der Waals surface area (Å²) >= 11 is 0. The molecule has 1 aromatic carbocycles. The molecule has 22 heavy (non-hydrogen) atoms. The lowest BCUT2D eigenvalue weighted by Gasteiger charge is -2.11. The zero-order chi connectivity index (χ0) is 15.7. The van der Waals surface area contributed by atoms with E-state index >= 15 is 0 Å². The average molecular weight is 300 g/mol. The summed E-state index contributed by atoms with van der Waals surface area (Å²) in [6.45, 7) is 3.19. The molecule has 0 aliphatic carbocycles. The van der Waals surface area contributed by atoms with Crippen LogP contribution in [0.2, 0.25) is 0 Å². The Hall–Kier alpha value is -2.88. The predicted molar refractivity (Wildman–Crippen MR) is 77.2 cm³/mol. The molecule has 0 amide bonds. The number of halogens is 1.